The number of fused-ring (bicyclic) bond motifs is 2. The van der Waals surface area contributed by atoms with Crippen molar-refractivity contribution in [3.63, 3.8) is 0 Å². The topological polar surface area (TPSA) is 77.4 Å². The summed E-state index contributed by atoms with van der Waals surface area (Å²) in [4.78, 5) is 20.4. The number of β-amino-alcohol motifs (C(OH)–C–C–N with tert-alkyl or cyclic N) is 1. The van der Waals surface area contributed by atoms with Crippen LogP contribution in [-0.4, -0.2) is 56.1 Å². The predicted octanol–water partition coefficient (Wildman–Crippen LogP) is 6.29. The molecular formula is C33H34N6OS. The van der Waals surface area contributed by atoms with Gasteiger partial charge in [0.05, 0.1) is 11.8 Å². The number of hydrogen-bond acceptors (Lipinski definition) is 8. The Morgan fingerprint density at radius 2 is 1.80 bits per heavy atom. The second-order valence-corrected chi connectivity index (χ2v) is 12.5. The maximum atomic E-state index is 9.87. The van der Waals surface area contributed by atoms with Crippen LogP contribution >= 0.6 is 11.3 Å². The van der Waals surface area contributed by atoms with E-state index in [1.807, 2.05) is 29.8 Å². The van der Waals surface area contributed by atoms with Crippen LogP contribution in [0.15, 0.2) is 60.9 Å². The standard InChI is InChI=1S/C33H34N6OS/c1-20-25(6-4-8-27(20)33-37-29-18-38(3)19-30(29)41-33)26-7-5-9-28(21(26)2)36-32-31-23(10-12-34-32)14-22(15-35-31)16-39-13-11-24(40)17-39/h4-10,12,14-15,24,40H,11,13,16-19H2,1-3H3,(H,34,36)/t24-/m1/s1. The molecule has 3 aromatic heterocycles. The highest BCUT2D eigenvalue weighted by Crippen LogP contribution is 2.39. The molecule has 1 saturated heterocycles. The number of aromatic nitrogens is 3. The summed E-state index contributed by atoms with van der Waals surface area (Å²) in [7, 11) is 2.15. The van der Waals surface area contributed by atoms with Gasteiger partial charge in [-0.05, 0) is 73.3 Å². The van der Waals surface area contributed by atoms with Gasteiger partial charge in [0.1, 0.15) is 10.5 Å². The van der Waals surface area contributed by atoms with Crippen LogP contribution in [0.4, 0.5) is 11.5 Å². The monoisotopic (exact) mass is 562 g/mol. The molecule has 0 amide bonds. The van der Waals surface area contributed by atoms with E-state index in [9.17, 15) is 5.11 Å². The third-order valence-electron chi connectivity index (χ3n) is 8.36. The maximum Gasteiger partial charge on any atom is 0.156 e. The van der Waals surface area contributed by atoms with Crippen molar-refractivity contribution in [3.05, 3.63) is 88.2 Å². The van der Waals surface area contributed by atoms with Gasteiger partial charge in [-0.15, -0.1) is 11.3 Å². The highest BCUT2D eigenvalue weighted by molar-refractivity contribution is 7.15. The molecule has 5 aromatic rings. The quantitative estimate of drug-likeness (QED) is 0.252. The van der Waals surface area contributed by atoms with E-state index in [2.05, 4.69) is 83.5 Å². The van der Waals surface area contributed by atoms with Gasteiger partial charge in [0.15, 0.2) is 5.82 Å². The smallest absolute Gasteiger partial charge is 0.156 e. The van der Waals surface area contributed by atoms with Crippen molar-refractivity contribution in [1.29, 1.82) is 0 Å². The SMILES string of the molecule is Cc1c(Nc2nccc3cc(CN4CC[C@@H](O)C4)cnc23)cccc1-c1cccc(-c2nc3c(s2)CN(C)C3)c1C. The molecule has 7 rings (SSSR count). The van der Waals surface area contributed by atoms with Crippen LogP contribution in [0.3, 0.4) is 0 Å². The minimum absolute atomic E-state index is 0.219. The lowest BCUT2D eigenvalue weighted by molar-refractivity contribution is 0.175. The molecule has 0 bridgehead atoms. The number of likely N-dealkylation sites (tertiary alicyclic amines) is 1. The Kier molecular flexibility index (Phi) is 6.79. The molecule has 0 spiro atoms. The van der Waals surface area contributed by atoms with E-state index in [0.29, 0.717) is 0 Å². The number of thiazole rings is 1. The van der Waals surface area contributed by atoms with E-state index >= 15 is 0 Å². The number of anilines is 2. The average Bonchev–Trinajstić information content (AvgIpc) is 3.64. The van der Waals surface area contributed by atoms with Gasteiger partial charge in [0, 0.05) is 66.6 Å². The summed E-state index contributed by atoms with van der Waals surface area (Å²) < 4.78 is 0. The first-order chi connectivity index (χ1) is 19.9. The lowest BCUT2D eigenvalue weighted by Gasteiger charge is -2.17. The number of aliphatic hydroxyl groups is 1. The van der Waals surface area contributed by atoms with Crippen molar-refractivity contribution in [2.45, 2.75) is 46.0 Å². The van der Waals surface area contributed by atoms with Gasteiger partial charge < -0.3 is 10.4 Å². The molecule has 1 fully saturated rings. The molecule has 41 heavy (non-hydrogen) atoms. The van der Waals surface area contributed by atoms with Gasteiger partial charge in [-0.3, -0.25) is 14.8 Å². The molecule has 7 nitrogen and oxygen atoms in total. The first kappa shape index (κ1) is 26.2. The Hall–Kier alpha value is -3.69. The molecule has 0 radical (unpaired) electrons. The van der Waals surface area contributed by atoms with E-state index < -0.39 is 0 Å². The molecular weight excluding hydrogens is 528 g/mol. The van der Waals surface area contributed by atoms with Crippen molar-refractivity contribution < 1.29 is 5.11 Å². The number of benzene rings is 2. The molecule has 2 aliphatic heterocycles. The van der Waals surface area contributed by atoms with Crippen LogP contribution < -0.4 is 5.32 Å². The number of nitrogens with one attached hydrogen (secondary N) is 1. The summed E-state index contributed by atoms with van der Waals surface area (Å²) >= 11 is 1.82. The highest BCUT2D eigenvalue weighted by atomic mass is 32.1. The number of hydrogen-bond donors (Lipinski definition) is 2. The van der Waals surface area contributed by atoms with E-state index in [0.717, 1.165) is 72.1 Å². The third kappa shape index (κ3) is 5.02. The summed E-state index contributed by atoms with van der Waals surface area (Å²) in [6.07, 6.45) is 4.39. The normalized spacial score (nSPS) is 17.4. The Morgan fingerprint density at radius 1 is 1.00 bits per heavy atom. The molecule has 2 aliphatic rings. The van der Waals surface area contributed by atoms with Crippen LogP contribution in [0.25, 0.3) is 32.6 Å². The zero-order chi connectivity index (χ0) is 28.1. The number of rotatable bonds is 6. The first-order valence-electron chi connectivity index (χ1n) is 14.2. The lowest BCUT2D eigenvalue weighted by atomic mass is 9.93. The summed E-state index contributed by atoms with van der Waals surface area (Å²) in [6, 6.07) is 17.1. The Morgan fingerprint density at radius 3 is 2.61 bits per heavy atom. The van der Waals surface area contributed by atoms with Crippen LogP contribution in [-0.2, 0) is 19.6 Å². The van der Waals surface area contributed by atoms with Crippen molar-refractivity contribution in [3.8, 4) is 21.7 Å². The molecule has 208 valence electrons. The van der Waals surface area contributed by atoms with Crippen LogP contribution in [0.5, 0.6) is 0 Å². The third-order valence-corrected chi connectivity index (χ3v) is 9.48. The molecule has 0 aliphatic carbocycles. The first-order valence-corrected chi connectivity index (χ1v) is 15.0. The molecule has 8 heteroatoms. The number of aliphatic hydroxyl groups excluding tert-OH is 1. The fraction of sp³-hybridized carbons (Fsp3) is 0.303. The van der Waals surface area contributed by atoms with Gasteiger partial charge in [-0.1, -0.05) is 30.3 Å². The fourth-order valence-electron chi connectivity index (χ4n) is 6.15. The van der Waals surface area contributed by atoms with Gasteiger partial charge in [-0.25, -0.2) is 9.97 Å². The minimum atomic E-state index is -0.219. The zero-order valence-electron chi connectivity index (χ0n) is 23.7. The molecule has 2 aromatic carbocycles. The van der Waals surface area contributed by atoms with Crippen LogP contribution in [0.1, 0.15) is 33.7 Å². The van der Waals surface area contributed by atoms with Crippen molar-refractivity contribution in [2.75, 3.05) is 25.5 Å². The minimum Gasteiger partial charge on any atom is -0.392 e. The molecule has 2 N–H and O–H groups in total. The molecule has 1 atom stereocenters. The van der Waals surface area contributed by atoms with E-state index in [1.54, 1.807) is 0 Å². The summed E-state index contributed by atoms with van der Waals surface area (Å²) in [6.45, 7) is 8.73. The largest absolute Gasteiger partial charge is 0.392 e. The predicted molar refractivity (Wildman–Crippen MR) is 166 cm³/mol. The van der Waals surface area contributed by atoms with Crippen molar-refractivity contribution in [2.24, 2.45) is 0 Å². The van der Waals surface area contributed by atoms with E-state index in [4.69, 9.17) is 9.97 Å². The Bertz CT molecular complexity index is 1740. The Balaban J connectivity index is 1.18. The summed E-state index contributed by atoms with van der Waals surface area (Å²) in [5, 5.41) is 15.6. The molecule has 5 heterocycles. The lowest BCUT2D eigenvalue weighted by Crippen LogP contribution is -2.21. The number of pyridine rings is 2. The second kappa shape index (κ2) is 10.6. The van der Waals surface area contributed by atoms with Gasteiger partial charge in [0.25, 0.3) is 0 Å². The highest BCUT2D eigenvalue weighted by Gasteiger charge is 2.23. The van der Waals surface area contributed by atoms with Crippen molar-refractivity contribution >= 4 is 33.7 Å². The van der Waals surface area contributed by atoms with Gasteiger partial charge >= 0.3 is 0 Å². The van der Waals surface area contributed by atoms with Crippen molar-refractivity contribution in [1.82, 2.24) is 24.8 Å². The molecule has 0 saturated carbocycles. The summed E-state index contributed by atoms with van der Waals surface area (Å²) in [5.74, 6) is 0.749. The average molecular weight is 563 g/mol. The second-order valence-electron chi connectivity index (χ2n) is 11.4. The van der Waals surface area contributed by atoms with Gasteiger partial charge in [0.2, 0.25) is 0 Å². The zero-order valence-corrected chi connectivity index (χ0v) is 24.5. The van der Waals surface area contributed by atoms with E-state index in [1.165, 1.54) is 38.4 Å². The number of nitrogens with zero attached hydrogens (tertiary/aromatic N) is 5. The van der Waals surface area contributed by atoms with Gasteiger partial charge in [-0.2, -0.15) is 0 Å². The molecule has 0 unspecified atom stereocenters. The van der Waals surface area contributed by atoms with E-state index in [-0.39, 0.29) is 6.10 Å². The maximum absolute atomic E-state index is 9.87. The van der Waals surface area contributed by atoms with Crippen LogP contribution in [0, 0.1) is 13.8 Å². The Labute approximate surface area is 244 Å². The van der Waals surface area contributed by atoms with Crippen LogP contribution in [0.2, 0.25) is 0 Å². The summed E-state index contributed by atoms with van der Waals surface area (Å²) in [5.41, 5.74) is 10.3. The fourth-order valence-corrected chi connectivity index (χ4v) is 7.38.